The van der Waals surface area contributed by atoms with Crippen molar-refractivity contribution < 1.29 is 9.59 Å². The number of rotatable bonds is 2. The molecule has 2 aliphatic heterocycles. The zero-order chi connectivity index (χ0) is 18.8. The highest BCUT2D eigenvalue weighted by molar-refractivity contribution is 6.12. The van der Waals surface area contributed by atoms with E-state index in [2.05, 4.69) is 15.4 Å². The number of nitrogens with two attached hydrogens (primary N) is 1. The summed E-state index contributed by atoms with van der Waals surface area (Å²) in [6.45, 7) is 3.12. The van der Waals surface area contributed by atoms with Crippen LogP contribution in [0, 0.1) is 12.8 Å². The zero-order valence-corrected chi connectivity index (χ0v) is 15.2. The number of likely N-dealkylation sites (tertiary alicyclic amines) is 1. The van der Waals surface area contributed by atoms with Crippen LogP contribution < -0.4 is 11.1 Å². The molecule has 1 spiro atoms. The van der Waals surface area contributed by atoms with Crippen LogP contribution >= 0.6 is 0 Å². The van der Waals surface area contributed by atoms with Crippen molar-refractivity contribution in [3.05, 3.63) is 35.7 Å². The predicted octanol–water partition coefficient (Wildman–Crippen LogP) is 1.24. The SMILES string of the molecule is Cc1nc(N)n(C2CCN(C(=O)C3CC34C(=O)Nc3ccccc34)CC2)n1. The summed E-state index contributed by atoms with van der Waals surface area (Å²) in [5.74, 6) is 0.886. The third kappa shape index (κ3) is 2.28. The highest BCUT2D eigenvalue weighted by Crippen LogP contribution is 2.60. The number of nitrogens with zero attached hydrogens (tertiary/aromatic N) is 4. The van der Waals surface area contributed by atoms with Crippen molar-refractivity contribution in [1.29, 1.82) is 0 Å². The second kappa shape index (κ2) is 5.55. The molecule has 3 aliphatic rings. The summed E-state index contributed by atoms with van der Waals surface area (Å²) in [4.78, 5) is 31.7. The van der Waals surface area contributed by atoms with Crippen LogP contribution in [0.1, 0.15) is 36.7 Å². The summed E-state index contributed by atoms with van der Waals surface area (Å²) in [6.07, 6.45) is 2.19. The standard InChI is InChI=1S/C19H22N6O2/c1-11-21-18(20)25(23-11)12-6-8-24(9-7-12)16(26)14-10-19(14)13-4-2-3-5-15(13)22-17(19)27/h2-5,12,14H,6-10H2,1H3,(H,22,27)(H2,20,21,23). The minimum atomic E-state index is -0.655. The molecule has 3 N–H and O–H groups in total. The van der Waals surface area contributed by atoms with Crippen molar-refractivity contribution in [2.24, 2.45) is 5.92 Å². The average molecular weight is 366 g/mol. The molecule has 2 amide bonds. The fourth-order valence-electron chi connectivity index (χ4n) is 4.71. The fraction of sp³-hybridized carbons (Fsp3) is 0.474. The van der Waals surface area contributed by atoms with Crippen molar-refractivity contribution in [2.45, 2.75) is 37.6 Å². The van der Waals surface area contributed by atoms with E-state index in [1.54, 1.807) is 4.68 Å². The van der Waals surface area contributed by atoms with Gasteiger partial charge in [0.25, 0.3) is 0 Å². The van der Waals surface area contributed by atoms with E-state index in [9.17, 15) is 9.59 Å². The highest BCUT2D eigenvalue weighted by Gasteiger charge is 2.68. The molecular weight excluding hydrogens is 344 g/mol. The van der Waals surface area contributed by atoms with Crippen LogP contribution in [0.5, 0.6) is 0 Å². The lowest BCUT2D eigenvalue weighted by molar-refractivity contribution is -0.135. The first-order valence-corrected chi connectivity index (χ1v) is 9.39. The Morgan fingerprint density at radius 1 is 1.30 bits per heavy atom. The van der Waals surface area contributed by atoms with Crippen LogP contribution in [0.3, 0.4) is 0 Å². The lowest BCUT2D eigenvalue weighted by Crippen LogP contribution is -2.42. The molecule has 8 nitrogen and oxygen atoms in total. The average Bonchev–Trinajstić information content (AvgIpc) is 3.24. The number of carbonyl (C=O) groups is 2. The third-order valence-electron chi connectivity index (χ3n) is 6.21. The molecule has 2 aromatic rings. The molecule has 1 aromatic carbocycles. The van der Waals surface area contributed by atoms with Gasteiger partial charge in [-0.15, -0.1) is 0 Å². The molecule has 1 saturated heterocycles. The molecule has 0 bridgehead atoms. The molecule has 2 unspecified atom stereocenters. The van der Waals surface area contributed by atoms with E-state index in [1.807, 2.05) is 36.1 Å². The number of aryl methyl sites for hydroxylation is 1. The van der Waals surface area contributed by atoms with Gasteiger partial charge in [0.2, 0.25) is 17.8 Å². The van der Waals surface area contributed by atoms with Gasteiger partial charge in [-0.25, -0.2) is 4.68 Å². The molecule has 140 valence electrons. The number of para-hydroxylation sites is 1. The number of benzene rings is 1. The molecule has 0 radical (unpaired) electrons. The number of nitrogens with one attached hydrogen (secondary N) is 1. The Morgan fingerprint density at radius 3 is 2.74 bits per heavy atom. The molecule has 1 aromatic heterocycles. The fourth-order valence-corrected chi connectivity index (χ4v) is 4.71. The van der Waals surface area contributed by atoms with Crippen molar-refractivity contribution >= 4 is 23.5 Å². The first-order valence-electron chi connectivity index (χ1n) is 9.39. The number of carbonyl (C=O) groups excluding carboxylic acids is 2. The maximum absolute atomic E-state index is 13.1. The smallest absolute Gasteiger partial charge is 0.235 e. The Bertz CT molecular complexity index is 945. The number of nitrogen functional groups attached to an aromatic ring is 1. The van der Waals surface area contributed by atoms with E-state index in [-0.39, 0.29) is 23.8 Å². The molecule has 5 rings (SSSR count). The van der Waals surface area contributed by atoms with E-state index in [0.29, 0.717) is 31.3 Å². The quantitative estimate of drug-likeness (QED) is 0.832. The molecular formula is C19H22N6O2. The number of aromatic nitrogens is 3. The van der Waals surface area contributed by atoms with E-state index in [0.717, 1.165) is 24.1 Å². The maximum Gasteiger partial charge on any atom is 0.235 e. The minimum Gasteiger partial charge on any atom is -0.368 e. The number of piperidine rings is 1. The van der Waals surface area contributed by atoms with Gasteiger partial charge in [-0.1, -0.05) is 18.2 Å². The first kappa shape index (κ1) is 16.3. The van der Waals surface area contributed by atoms with E-state index in [1.165, 1.54) is 0 Å². The predicted molar refractivity (Wildman–Crippen MR) is 98.9 cm³/mol. The lowest BCUT2D eigenvalue weighted by atomic mass is 9.94. The highest BCUT2D eigenvalue weighted by atomic mass is 16.2. The molecule has 8 heteroatoms. The summed E-state index contributed by atoms with van der Waals surface area (Å²) in [5, 5.41) is 7.30. The van der Waals surface area contributed by atoms with Crippen molar-refractivity contribution in [3.8, 4) is 0 Å². The maximum atomic E-state index is 13.1. The van der Waals surface area contributed by atoms with Gasteiger partial charge >= 0.3 is 0 Å². The summed E-state index contributed by atoms with van der Waals surface area (Å²) in [7, 11) is 0. The number of anilines is 2. The molecule has 27 heavy (non-hydrogen) atoms. The summed E-state index contributed by atoms with van der Waals surface area (Å²) < 4.78 is 1.77. The third-order valence-corrected chi connectivity index (χ3v) is 6.21. The monoisotopic (exact) mass is 366 g/mol. The summed E-state index contributed by atoms with van der Waals surface area (Å²) in [5.41, 5.74) is 7.08. The minimum absolute atomic E-state index is 0.0391. The first-order chi connectivity index (χ1) is 13.0. The van der Waals surface area contributed by atoms with Crippen LogP contribution in [0.2, 0.25) is 0 Å². The van der Waals surface area contributed by atoms with Gasteiger partial charge in [0.1, 0.15) is 5.82 Å². The van der Waals surface area contributed by atoms with Crippen LogP contribution in [0.4, 0.5) is 11.6 Å². The van der Waals surface area contributed by atoms with Crippen molar-refractivity contribution in [2.75, 3.05) is 24.1 Å². The zero-order valence-electron chi connectivity index (χ0n) is 15.2. The molecule has 1 saturated carbocycles. The number of fused-ring (bicyclic) bond motifs is 2. The molecule has 1 aliphatic carbocycles. The Balaban J connectivity index is 1.29. The van der Waals surface area contributed by atoms with Gasteiger partial charge in [-0.05, 0) is 37.8 Å². The van der Waals surface area contributed by atoms with Crippen molar-refractivity contribution in [1.82, 2.24) is 19.7 Å². The topological polar surface area (TPSA) is 106 Å². The van der Waals surface area contributed by atoms with E-state index >= 15 is 0 Å². The normalized spacial score (nSPS) is 26.9. The second-order valence-corrected chi connectivity index (χ2v) is 7.75. The van der Waals surface area contributed by atoms with Crippen LogP contribution in [0.25, 0.3) is 0 Å². The second-order valence-electron chi connectivity index (χ2n) is 7.75. The van der Waals surface area contributed by atoms with Crippen LogP contribution in [-0.2, 0) is 15.0 Å². The molecule has 3 heterocycles. The van der Waals surface area contributed by atoms with E-state index in [4.69, 9.17) is 5.73 Å². The summed E-state index contributed by atoms with van der Waals surface area (Å²) in [6, 6.07) is 7.86. The van der Waals surface area contributed by atoms with Crippen LogP contribution in [0.15, 0.2) is 24.3 Å². The van der Waals surface area contributed by atoms with E-state index < -0.39 is 5.41 Å². The molecule has 2 atom stereocenters. The lowest BCUT2D eigenvalue weighted by Gasteiger charge is -2.32. The van der Waals surface area contributed by atoms with Gasteiger partial charge in [-0.2, -0.15) is 10.1 Å². The van der Waals surface area contributed by atoms with Gasteiger partial charge < -0.3 is 16.0 Å². The van der Waals surface area contributed by atoms with Gasteiger partial charge in [0, 0.05) is 18.8 Å². The Kier molecular flexibility index (Phi) is 3.35. The largest absolute Gasteiger partial charge is 0.368 e. The number of hydrogen-bond donors (Lipinski definition) is 2. The Labute approximate surface area is 156 Å². The Hall–Kier alpha value is -2.90. The van der Waals surface area contributed by atoms with Crippen LogP contribution in [-0.4, -0.2) is 44.6 Å². The van der Waals surface area contributed by atoms with Gasteiger partial charge in [0.15, 0.2) is 0 Å². The summed E-state index contributed by atoms with van der Waals surface area (Å²) >= 11 is 0. The number of hydrogen-bond acceptors (Lipinski definition) is 5. The Morgan fingerprint density at radius 2 is 2.04 bits per heavy atom. The van der Waals surface area contributed by atoms with Crippen molar-refractivity contribution in [3.63, 3.8) is 0 Å². The van der Waals surface area contributed by atoms with Gasteiger partial charge in [0.05, 0.1) is 17.4 Å². The number of amides is 2. The van der Waals surface area contributed by atoms with Gasteiger partial charge in [-0.3, -0.25) is 9.59 Å². The molecule has 2 fully saturated rings.